The molecular weight excluding hydrogens is 330 g/mol. The zero-order valence-electron chi connectivity index (χ0n) is 13.2. The molecule has 0 spiro atoms. The molecule has 0 atom stereocenters. The van der Waals surface area contributed by atoms with E-state index in [2.05, 4.69) is 0 Å². The summed E-state index contributed by atoms with van der Waals surface area (Å²) in [6.45, 7) is 4.55. The minimum absolute atomic E-state index is 0.251. The first-order chi connectivity index (χ1) is 10.9. The molecule has 128 valence electrons. The summed E-state index contributed by atoms with van der Waals surface area (Å²) >= 11 is 0. The van der Waals surface area contributed by atoms with E-state index in [4.69, 9.17) is 0 Å². The van der Waals surface area contributed by atoms with Gasteiger partial charge in [0.05, 0.1) is 5.56 Å². The molecule has 0 fully saturated rings. The molecule has 1 aliphatic rings. The van der Waals surface area contributed by atoms with E-state index in [1.54, 1.807) is 0 Å². The second kappa shape index (κ2) is 6.07. The molecule has 1 aromatic carbocycles. The number of hydrogen-bond acceptors (Lipinski definition) is 0. The molecule has 2 rings (SSSR count). The van der Waals surface area contributed by atoms with Crippen LogP contribution in [0.5, 0.6) is 0 Å². The molecule has 0 nitrogen and oxygen atoms in total. The fourth-order valence-electron chi connectivity index (χ4n) is 2.49. The molecule has 0 unspecified atom stereocenters. The van der Waals surface area contributed by atoms with E-state index in [1.165, 1.54) is 32.9 Å². The molecule has 0 saturated heterocycles. The summed E-state index contributed by atoms with van der Waals surface area (Å²) in [5, 5.41) is 0. The van der Waals surface area contributed by atoms with E-state index in [0.29, 0.717) is 16.7 Å². The molecular formula is C18H15F6+. The highest BCUT2D eigenvalue weighted by Crippen LogP contribution is 2.38. The number of rotatable bonds is 1. The van der Waals surface area contributed by atoms with Crippen LogP contribution in [0.2, 0.25) is 0 Å². The lowest BCUT2D eigenvalue weighted by Crippen LogP contribution is -2.15. The zero-order valence-corrected chi connectivity index (χ0v) is 13.2. The van der Waals surface area contributed by atoms with E-state index in [1.807, 2.05) is 0 Å². The molecule has 0 heterocycles. The summed E-state index contributed by atoms with van der Waals surface area (Å²) in [7, 11) is 0. The highest BCUT2D eigenvalue weighted by atomic mass is 19.4. The van der Waals surface area contributed by atoms with Crippen molar-refractivity contribution in [1.82, 2.24) is 0 Å². The molecule has 0 aromatic heterocycles. The van der Waals surface area contributed by atoms with Gasteiger partial charge in [-0.3, -0.25) is 0 Å². The molecule has 1 aromatic rings. The average Bonchev–Trinajstić information content (AvgIpc) is 2.43. The zero-order chi connectivity index (χ0) is 18.3. The predicted octanol–water partition coefficient (Wildman–Crippen LogP) is 6.44. The average molecular weight is 345 g/mol. The van der Waals surface area contributed by atoms with Crippen LogP contribution in [0, 0.1) is 13.3 Å². The Kier molecular flexibility index (Phi) is 4.61. The molecule has 1 aliphatic carbocycles. The number of allylic oxidation sites excluding steroid dienone is 6. The van der Waals surface area contributed by atoms with Gasteiger partial charge in [-0.1, -0.05) is 0 Å². The van der Waals surface area contributed by atoms with Crippen LogP contribution in [-0.4, -0.2) is 6.18 Å². The highest BCUT2D eigenvalue weighted by molar-refractivity contribution is 5.75. The van der Waals surface area contributed by atoms with Crippen LogP contribution in [0.25, 0.3) is 5.57 Å². The van der Waals surface area contributed by atoms with Gasteiger partial charge in [0.2, 0.25) is 0 Å². The van der Waals surface area contributed by atoms with Crippen molar-refractivity contribution in [2.75, 3.05) is 0 Å². The molecule has 6 heteroatoms. The molecule has 0 radical (unpaired) electrons. The Morgan fingerprint density at radius 3 is 2.04 bits per heavy atom. The third-order valence-electron chi connectivity index (χ3n) is 3.68. The number of alkyl halides is 6. The van der Waals surface area contributed by atoms with Gasteiger partial charge >= 0.3 is 12.4 Å². The smallest absolute Gasteiger partial charge is 0.166 e. The summed E-state index contributed by atoms with van der Waals surface area (Å²) < 4.78 is 77.6. The van der Waals surface area contributed by atoms with Crippen LogP contribution in [-0.2, 0) is 6.18 Å². The first kappa shape index (κ1) is 18.2. The lowest BCUT2D eigenvalue weighted by atomic mass is 9.89. The fraction of sp³-hybridized carbons (Fsp3) is 0.278. The molecule has 0 aliphatic heterocycles. The normalized spacial score (nSPS) is 17.9. The van der Waals surface area contributed by atoms with Crippen molar-refractivity contribution in [2.45, 2.75) is 33.1 Å². The van der Waals surface area contributed by atoms with Crippen LogP contribution in [0.15, 0.2) is 47.1 Å². The number of hydrogen-bond donors (Lipinski definition) is 0. The first-order valence-electron chi connectivity index (χ1n) is 7.10. The summed E-state index contributed by atoms with van der Waals surface area (Å²) in [5.74, 6) is 0. The Hall–Kier alpha value is -2.11. The van der Waals surface area contributed by atoms with Crippen molar-refractivity contribution in [3.63, 3.8) is 0 Å². The molecule has 0 amide bonds. The van der Waals surface area contributed by atoms with Gasteiger partial charge in [-0.05, 0) is 44.5 Å². The Morgan fingerprint density at radius 2 is 1.50 bits per heavy atom. The van der Waals surface area contributed by atoms with E-state index < -0.39 is 23.5 Å². The van der Waals surface area contributed by atoms with E-state index >= 15 is 0 Å². The minimum atomic E-state index is -4.51. The van der Waals surface area contributed by atoms with Crippen molar-refractivity contribution in [3.05, 3.63) is 70.2 Å². The maximum Gasteiger partial charge on any atom is 0.434 e. The molecule has 0 bridgehead atoms. The van der Waals surface area contributed by atoms with E-state index in [-0.39, 0.29) is 11.1 Å². The predicted molar refractivity (Wildman–Crippen MR) is 81.0 cm³/mol. The monoisotopic (exact) mass is 345 g/mol. The Morgan fingerprint density at radius 1 is 0.875 bits per heavy atom. The van der Waals surface area contributed by atoms with Crippen LogP contribution in [0.4, 0.5) is 26.3 Å². The SMILES string of the molecule is CC1=CC(=C(C)c2cc(C)cc(C(F)(F)F)c2)[CH+]C(C(F)(F)F)=C1. The Labute approximate surface area is 136 Å². The van der Waals surface area contributed by atoms with Gasteiger partial charge in [0, 0.05) is 35.3 Å². The van der Waals surface area contributed by atoms with Crippen LogP contribution in [0.3, 0.4) is 0 Å². The summed E-state index contributed by atoms with van der Waals surface area (Å²) in [6.07, 6.45) is -5.53. The third kappa shape index (κ3) is 4.04. The van der Waals surface area contributed by atoms with Gasteiger partial charge in [0.1, 0.15) is 11.1 Å². The summed E-state index contributed by atoms with van der Waals surface area (Å²) in [6, 6.07) is 3.49. The van der Waals surface area contributed by atoms with Crippen molar-refractivity contribution in [1.29, 1.82) is 0 Å². The summed E-state index contributed by atoms with van der Waals surface area (Å²) in [4.78, 5) is 0. The van der Waals surface area contributed by atoms with Crippen molar-refractivity contribution in [3.8, 4) is 0 Å². The van der Waals surface area contributed by atoms with Crippen molar-refractivity contribution in [2.24, 2.45) is 0 Å². The Balaban J connectivity index is 2.52. The van der Waals surface area contributed by atoms with Crippen molar-refractivity contribution >= 4 is 5.57 Å². The van der Waals surface area contributed by atoms with Gasteiger partial charge in [0.15, 0.2) is 0 Å². The second-order valence-electron chi connectivity index (χ2n) is 5.80. The van der Waals surface area contributed by atoms with Gasteiger partial charge in [-0.15, -0.1) is 0 Å². The van der Waals surface area contributed by atoms with Gasteiger partial charge in [-0.25, -0.2) is 0 Å². The van der Waals surface area contributed by atoms with Gasteiger partial charge in [-0.2, -0.15) is 26.3 Å². The van der Waals surface area contributed by atoms with Gasteiger partial charge < -0.3 is 0 Å². The van der Waals surface area contributed by atoms with Crippen LogP contribution >= 0.6 is 0 Å². The van der Waals surface area contributed by atoms with Crippen LogP contribution < -0.4 is 0 Å². The molecule has 24 heavy (non-hydrogen) atoms. The fourth-order valence-corrected chi connectivity index (χ4v) is 2.49. The molecule has 0 saturated carbocycles. The highest BCUT2D eigenvalue weighted by Gasteiger charge is 2.40. The quantitative estimate of drug-likeness (QED) is 0.406. The van der Waals surface area contributed by atoms with Gasteiger partial charge in [0.25, 0.3) is 0 Å². The Bertz CT molecular complexity index is 742. The standard InChI is InChI=1S/C18H15F6/c1-10-4-13(8-15(6-10)17(19,20)21)12(3)14-5-11(2)7-16(9-14)18(22,23)24/h4-9H,1-3H3/q+1. The van der Waals surface area contributed by atoms with E-state index in [0.717, 1.165) is 24.6 Å². The second-order valence-corrected chi connectivity index (χ2v) is 5.80. The first-order valence-corrected chi connectivity index (χ1v) is 7.10. The third-order valence-corrected chi connectivity index (χ3v) is 3.68. The number of benzene rings is 1. The number of halogens is 6. The number of aryl methyl sites for hydroxylation is 1. The topological polar surface area (TPSA) is 0 Å². The van der Waals surface area contributed by atoms with E-state index in [9.17, 15) is 26.3 Å². The lowest BCUT2D eigenvalue weighted by Gasteiger charge is -2.14. The largest absolute Gasteiger partial charge is 0.434 e. The summed E-state index contributed by atoms with van der Waals surface area (Å²) in [5.41, 5.74) is 0.00680. The lowest BCUT2D eigenvalue weighted by molar-refractivity contribution is -0.137. The van der Waals surface area contributed by atoms with Crippen LogP contribution in [0.1, 0.15) is 30.5 Å². The minimum Gasteiger partial charge on any atom is -0.166 e. The van der Waals surface area contributed by atoms with Crippen molar-refractivity contribution < 1.29 is 26.3 Å². The molecule has 0 N–H and O–H groups in total. The maximum absolute atomic E-state index is 12.9. The maximum atomic E-state index is 12.9.